The van der Waals surface area contributed by atoms with Crippen LogP contribution < -0.4 is 10.1 Å². The number of nitro groups is 1. The summed E-state index contributed by atoms with van der Waals surface area (Å²) in [4.78, 5) is 32.7. The molecule has 0 saturated heterocycles. The van der Waals surface area contributed by atoms with Gasteiger partial charge in [-0.15, -0.1) is 0 Å². The Bertz CT molecular complexity index is 643. The van der Waals surface area contributed by atoms with Crippen LogP contribution in [0.4, 0.5) is 14.9 Å². The second kappa shape index (κ2) is 7.57. The Kier molecular flexibility index (Phi) is 6.04. The molecule has 0 aliphatic rings. The number of ether oxygens (including phenoxy) is 2. The van der Waals surface area contributed by atoms with E-state index in [9.17, 15) is 24.1 Å². The number of carboxylic acids is 1. The van der Waals surface area contributed by atoms with Gasteiger partial charge in [0.1, 0.15) is 12.2 Å². The summed E-state index contributed by atoms with van der Waals surface area (Å²) in [5.41, 5.74) is -1.50. The largest absolute Gasteiger partial charge is 0.482 e. The number of aliphatic carboxylic acids is 1. The van der Waals surface area contributed by atoms with E-state index in [2.05, 4.69) is 0 Å². The fraction of sp³-hybridized carbons (Fsp3) is 0.429. The Balaban J connectivity index is 2.84. The molecule has 0 aliphatic carbocycles. The minimum Gasteiger partial charge on any atom is -0.482 e. The van der Waals surface area contributed by atoms with Gasteiger partial charge in [0.05, 0.1) is 4.92 Å². The van der Waals surface area contributed by atoms with Crippen molar-refractivity contribution in [2.75, 3.05) is 6.61 Å². The van der Waals surface area contributed by atoms with Crippen LogP contribution in [0, 0.1) is 15.9 Å². The SMILES string of the molecule is CC(C)(C)OC(=O)N[C@@H](COc1c(F)cccc1[N+](=O)[O-])C(=O)O. The van der Waals surface area contributed by atoms with Gasteiger partial charge in [0.15, 0.2) is 11.9 Å². The first-order valence-corrected chi connectivity index (χ1v) is 6.79. The zero-order chi connectivity index (χ0) is 18.5. The number of alkyl carbamates (subject to hydrolysis) is 1. The van der Waals surface area contributed by atoms with Crippen LogP contribution in [0.3, 0.4) is 0 Å². The normalized spacial score (nSPS) is 12.2. The monoisotopic (exact) mass is 344 g/mol. The predicted octanol–water partition coefficient (Wildman–Crippen LogP) is 2.09. The van der Waals surface area contributed by atoms with Gasteiger partial charge in [0.2, 0.25) is 5.75 Å². The van der Waals surface area contributed by atoms with E-state index in [1.807, 2.05) is 5.32 Å². The van der Waals surface area contributed by atoms with Crippen molar-refractivity contribution in [3.63, 3.8) is 0 Å². The molecule has 0 fully saturated rings. The van der Waals surface area contributed by atoms with E-state index in [0.717, 1.165) is 18.2 Å². The molecule has 24 heavy (non-hydrogen) atoms. The van der Waals surface area contributed by atoms with Crippen LogP contribution in [0.5, 0.6) is 5.75 Å². The average Bonchev–Trinajstić information content (AvgIpc) is 2.41. The maximum atomic E-state index is 13.7. The quantitative estimate of drug-likeness (QED) is 0.597. The smallest absolute Gasteiger partial charge is 0.408 e. The number of hydrogen-bond donors (Lipinski definition) is 2. The molecule has 10 heteroatoms. The third-order valence-electron chi connectivity index (χ3n) is 2.53. The number of nitro benzene ring substituents is 1. The van der Waals surface area contributed by atoms with Crippen molar-refractivity contribution in [2.24, 2.45) is 0 Å². The second-order valence-electron chi connectivity index (χ2n) is 5.69. The molecule has 0 aliphatic heterocycles. The van der Waals surface area contributed by atoms with E-state index in [-0.39, 0.29) is 0 Å². The summed E-state index contributed by atoms with van der Waals surface area (Å²) in [5, 5.41) is 21.9. The lowest BCUT2D eigenvalue weighted by molar-refractivity contribution is -0.386. The van der Waals surface area contributed by atoms with Crippen molar-refractivity contribution in [3.05, 3.63) is 34.1 Å². The molecule has 0 heterocycles. The summed E-state index contributed by atoms with van der Waals surface area (Å²) in [6.45, 7) is 4.03. The first-order chi connectivity index (χ1) is 11.0. The Labute approximate surface area is 136 Å². The van der Waals surface area contributed by atoms with Gasteiger partial charge in [0.25, 0.3) is 0 Å². The molecule has 0 spiro atoms. The highest BCUT2D eigenvalue weighted by Gasteiger charge is 2.27. The van der Waals surface area contributed by atoms with Crippen molar-refractivity contribution in [3.8, 4) is 5.75 Å². The molecule has 0 aromatic heterocycles. The first kappa shape index (κ1) is 19.1. The molecule has 0 bridgehead atoms. The summed E-state index contributed by atoms with van der Waals surface area (Å²) in [5.74, 6) is -3.20. The zero-order valence-corrected chi connectivity index (χ0v) is 13.2. The molecular formula is C14H17FN2O7. The highest BCUT2D eigenvalue weighted by atomic mass is 19.1. The highest BCUT2D eigenvalue weighted by Crippen LogP contribution is 2.29. The van der Waals surface area contributed by atoms with Crippen molar-refractivity contribution < 1.29 is 33.5 Å². The number of hydrogen-bond acceptors (Lipinski definition) is 6. The van der Waals surface area contributed by atoms with Gasteiger partial charge < -0.3 is 19.9 Å². The molecular weight excluding hydrogens is 327 g/mol. The van der Waals surface area contributed by atoms with Gasteiger partial charge in [-0.05, 0) is 26.8 Å². The molecule has 0 saturated carbocycles. The van der Waals surface area contributed by atoms with Crippen molar-refractivity contribution in [2.45, 2.75) is 32.4 Å². The van der Waals surface area contributed by atoms with Gasteiger partial charge >= 0.3 is 17.7 Å². The van der Waals surface area contributed by atoms with Gasteiger partial charge in [-0.3, -0.25) is 10.1 Å². The summed E-state index contributed by atoms with van der Waals surface area (Å²) in [6, 6.07) is 1.47. The van der Waals surface area contributed by atoms with Crippen molar-refractivity contribution in [1.29, 1.82) is 0 Å². The highest BCUT2D eigenvalue weighted by molar-refractivity contribution is 5.80. The number of carboxylic acid groups (broad SMARTS) is 1. The van der Waals surface area contributed by atoms with Gasteiger partial charge in [-0.2, -0.15) is 0 Å². The van der Waals surface area contributed by atoms with Gasteiger partial charge in [0, 0.05) is 6.07 Å². The number of nitrogens with zero attached hydrogens (tertiary/aromatic N) is 1. The Hall–Kier alpha value is -2.91. The summed E-state index contributed by atoms with van der Waals surface area (Å²) < 4.78 is 23.5. The van der Waals surface area contributed by atoms with Crippen LogP contribution in [0.2, 0.25) is 0 Å². The molecule has 1 rings (SSSR count). The summed E-state index contributed by atoms with van der Waals surface area (Å²) >= 11 is 0. The van der Waals surface area contributed by atoms with Gasteiger partial charge in [-0.1, -0.05) is 6.07 Å². The minimum atomic E-state index is -1.58. The molecule has 1 aromatic carbocycles. The van der Waals surface area contributed by atoms with Crippen molar-refractivity contribution in [1.82, 2.24) is 5.32 Å². The fourth-order valence-electron chi connectivity index (χ4n) is 1.58. The maximum Gasteiger partial charge on any atom is 0.408 e. The maximum absolute atomic E-state index is 13.7. The molecule has 9 nitrogen and oxygen atoms in total. The number of rotatable bonds is 6. The lowest BCUT2D eigenvalue weighted by Crippen LogP contribution is -2.46. The lowest BCUT2D eigenvalue weighted by Gasteiger charge is -2.22. The van der Waals surface area contributed by atoms with Crippen LogP contribution in [-0.2, 0) is 9.53 Å². The summed E-state index contributed by atoms with van der Waals surface area (Å²) in [6.07, 6.45) is -1.01. The molecule has 1 amide bonds. The third-order valence-corrected chi connectivity index (χ3v) is 2.53. The Morgan fingerprint density at radius 1 is 1.42 bits per heavy atom. The fourth-order valence-corrected chi connectivity index (χ4v) is 1.58. The van der Waals surface area contributed by atoms with E-state index in [1.165, 1.54) is 0 Å². The number of carbonyl (C=O) groups excluding carboxylic acids is 1. The average molecular weight is 344 g/mol. The number of halogens is 1. The minimum absolute atomic E-state index is 0.656. The number of carbonyl (C=O) groups is 2. The lowest BCUT2D eigenvalue weighted by atomic mass is 10.2. The molecule has 1 aromatic rings. The van der Waals surface area contributed by atoms with Crippen LogP contribution in [-0.4, -0.2) is 40.3 Å². The zero-order valence-electron chi connectivity index (χ0n) is 13.2. The molecule has 0 radical (unpaired) electrons. The number of nitrogens with one attached hydrogen (secondary N) is 1. The van der Waals surface area contributed by atoms with E-state index in [0.29, 0.717) is 0 Å². The third kappa shape index (κ3) is 5.71. The molecule has 0 unspecified atom stereocenters. The molecule has 132 valence electrons. The van der Waals surface area contributed by atoms with E-state index in [1.54, 1.807) is 20.8 Å². The molecule has 2 N–H and O–H groups in total. The topological polar surface area (TPSA) is 128 Å². The van der Waals surface area contributed by atoms with E-state index >= 15 is 0 Å². The number of benzene rings is 1. The number of para-hydroxylation sites is 1. The second-order valence-corrected chi connectivity index (χ2v) is 5.69. The summed E-state index contributed by atoms with van der Waals surface area (Å²) in [7, 11) is 0. The number of amides is 1. The molecule has 1 atom stereocenters. The first-order valence-electron chi connectivity index (χ1n) is 6.79. The Morgan fingerprint density at radius 2 is 2.04 bits per heavy atom. The van der Waals surface area contributed by atoms with Gasteiger partial charge in [-0.25, -0.2) is 14.0 Å². The van der Waals surface area contributed by atoms with Crippen LogP contribution in [0.15, 0.2) is 18.2 Å². The van der Waals surface area contributed by atoms with E-state index < -0.39 is 52.5 Å². The Morgan fingerprint density at radius 3 is 2.54 bits per heavy atom. The van der Waals surface area contributed by atoms with Crippen LogP contribution in [0.25, 0.3) is 0 Å². The van der Waals surface area contributed by atoms with Crippen molar-refractivity contribution >= 4 is 17.7 Å². The van der Waals surface area contributed by atoms with Crippen LogP contribution >= 0.6 is 0 Å². The van der Waals surface area contributed by atoms with Crippen LogP contribution in [0.1, 0.15) is 20.8 Å². The predicted molar refractivity (Wildman–Crippen MR) is 79.3 cm³/mol. The van der Waals surface area contributed by atoms with E-state index in [4.69, 9.17) is 14.6 Å². The standard InChI is InChI=1S/C14H17FN2O7/c1-14(2,3)24-13(20)16-9(12(18)19)7-23-11-8(15)5-4-6-10(11)17(21)22/h4-6,9H,7H2,1-3H3,(H,16,20)(H,18,19)/t9-/m0/s1.